The average Bonchev–Trinajstić information content (AvgIpc) is 2.77. The topological polar surface area (TPSA) is 53.1 Å². The Balaban J connectivity index is 2.17. The molecule has 2 N–H and O–H groups in total. The summed E-state index contributed by atoms with van der Waals surface area (Å²) in [6.07, 6.45) is 4.34. The maximum Gasteiger partial charge on any atom is 0.125 e. The molecule has 4 nitrogen and oxygen atoms in total. The second-order valence-electron chi connectivity index (χ2n) is 3.95. The minimum atomic E-state index is 0.242. The highest BCUT2D eigenvalue weighted by molar-refractivity contribution is 5.37. The van der Waals surface area contributed by atoms with E-state index in [-0.39, 0.29) is 12.1 Å². The first-order chi connectivity index (χ1) is 6.70. The Hall–Kier alpha value is -1.03. The molecule has 1 fully saturated rings. The molecule has 2 rings (SSSR count). The van der Waals surface area contributed by atoms with Gasteiger partial charge < -0.3 is 10.5 Å². The standard InChI is InChI=1S/C10H17N3O/c1-7-6-12-13(10(7)11)8(2)9-4-3-5-14-9/h6,8-9H,3-5,11H2,1-2H3. The number of aryl methyl sites for hydroxylation is 1. The normalized spacial score (nSPS) is 24.0. The van der Waals surface area contributed by atoms with E-state index in [0.717, 1.165) is 30.8 Å². The molecule has 0 amide bonds. The van der Waals surface area contributed by atoms with E-state index in [9.17, 15) is 0 Å². The lowest BCUT2D eigenvalue weighted by molar-refractivity contribution is 0.0699. The molecule has 2 atom stereocenters. The number of anilines is 1. The third-order valence-electron chi connectivity index (χ3n) is 2.92. The van der Waals surface area contributed by atoms with Crippen LogP contribution < -0.4 is 5.73 Å². The van der Waals surface area contributed by atoms with E-state index in [1.54, 1.807) is 6.20 Å². The second kappa shape index (κ2) is 3.61. The smallest absolute Gasteiger partial charge is 0.125 e. The molecule has 1 saturated heterocycles. The van der Waals surface area contributed by atoms with Gasteiger partial charge in [0.15, 0.2) is 0 Å². The van der Waals surface area contributed by atoms with Crippen molar-refractivity contribution in [2.45, 2.75) is 38.8 Å². The van der Waals surface area contributed by atoms with Crippen LogP contribution in [0.3, 0.4) is 0 Å². The Bertz CT molecular complexity index is 315. The summed E-state index contributed by atoms with van der Waals surface area (Å²) in [4.78, 5) is 0. The van der Waals surface area contributed by atoms with Crippen molar-refractivity contribution in [3.63, 3.8) is 0 Å². The van der Waals surface area contributed by atoms with E-state index in [2.05, 4.69) is 12.0 Å². The number of nitrogens with two attached hydrogens (primary N) is 1. The van der Waals surface area contributed by atoms with Gasteiger partial charge in [0, 0.05) is 12.2 Å². The van der Waals surface area contributed by atoms with Crippen molar-refractivity contribution in [1.29, 1.82) is 0 Å². The first-order valence-corrected chi connectivity index (χ1v) is 5.11. The van der Waals surface area contributed by atoms with Crippen molar-refractivity contribution >= 4 is 5.82 Å². The highest BCUT2D eigenvalue weighted by atomic mass is 16.5. The molecule has 1 aromatic rings. The van der Waals surface area contributed by atoms with Crippen molar-refractivity contribution in [2.75, 3.05) is 12.3 Å². The van der Waals surface area contributed by atoms with E-state index in [1.807, 2.05) is 11.6 Å². The summed E-state index contributed by atoms with van der Waals surface area (Å²) >= 11 is 0. The molecule has 4 heteroatoms. The van der Waals surface area contributed by atoms with E-state index in [4.69, 9.17) is 10.5 Å². The number of hydrogen-bond donors (Lipinski definition) is 1. The third-order valence-corrected chi connectivity index (χ3v) is 2.92. The van der Waals surface area contributed by atoms with Crippen LogP contribution in [0.15, 0.2) is 6.20 Å². The minimum absolute atomic E-state index is 0.242. The maximum absolute atomic E-state index is 5.92. The van der Waals surface area contributed by atoms with Crippen LogP contribution >= 0.6 is 0 Å². The van der Waals surface area contributed by atoms with Crippen molar-refractivity contribution in [2.24, 2.45) is 0 Å². The Morgan fingerprint density at radius 2 is 2.50 bits per heavy atom. The molecule has 1 aliphatic heterocycles. The summed E-state index contributed by atoms with van der Waals surface area (Å²) in [5.74, 6) is 0.757. The van der Waals surface area contributed by atoms with Gasteiger partial charge in [-0.2, -0.15) is 5.10 Å². The van der Waals surface area contributed by atoms with Gasteiger partial charge in [-0.05, 0) is 26.7 Å². The summed E-state index contributed by atoms with van der Waals surface area (Å²) in [6, 6.07) is 0.242. The van der Waals surface area contributed by atoms with Crippen LogP contribution in [-0.4, -0.2) is 22.5 Å². The van der Waals surface area contributed by atoms with E-state index < -0.39 is 0 Å². The highest BCUT2D eigenvalue weighted by Gasteiger charge is 2.25. The molecule has 0 spiro atoms. The van der Waals surface area contributed by atoms with Gasteiger partial charge in [-0.15, -0.1) is 0 Å². The maximum atomic E-state index is 5.92. The Labute approximate surface area is 84.0 Å². The predicted octanol–water partition coefficient (Wildman–Crippen LogP) is 1.51. The van der Waals surface area contributed by atoms with E-state index in [0.29, 0.717) is 0 Å². The van der Waals surface area contributed by atoms with Crippen molar-refractivity contribution < 1.29 is 4.74 Å². The van der Waals surface area contributed by atoms with Gasteiger partial charge in [0.1, 0.15) is 5.82 Å². The summed E-state index contributed by atoms with van der Waals surface area (Å²) in [5, 5.41) is 4.27. The van der Waals surface area contributed by atoms with Crippen molar-refractivity contribution in [3.8, 4) is 0 Å². The zero-order valence-corrected chi connectivity index (χ0v) is 8.73. The highest BCUT2D eigenvalue weighted by Crippen LogP contribution is 2.26. The molecule has 2 heterocycles. The lowest BCUT2D eigenvalue weighted by atomic mass is 10.1. The molecule has 0 radical (unpaired) electrons. The quantitative estimate of drug-likeness (QED) is 0.778. The van der Waals surface area contributed by atoms with E-state index in [1.165, 1.54) is 0 Å². The van der Waals surface area contributed by atoms with Crippen LogP contribution in [0.2, 0.25) is 0 Å². The van der Waals surface area contributed by atoms with Crippen LogP contribution in [0.4, 0.5) is 5.82 Å². The lowest BCUT2D eigenvalue weighted by Crippen LogP contribution is -2.23. The number of hydrogen-bond acceptors (Lipinski definition) is 3. The van der Waals surface area contributed by atoms with Crippen LogP contribution in [-0.2, 0) is 4.74 Å². The number of nitrogens with zero attached hydrogens (tertiary/aromatic N) is 2. The van der Waals surface area contributed by atoms with Crippen LogP contribution in [0, 0.1) is 6.92 Å². The first-order valence-electron chi connectivity index (χ1n) is 5.11. The van der Waals surface area contributed by atoms with Gasteiger partial charge in [0.2, 0.25) is 0 Å². The lowest BCUT2D eigenvalue weighted by Gasteiger charge is -2.20. The predicted molar refractivity (Wildman–Crippen MR) is 55.1 cm³/mol. The van der Waals surface area contributed by atoms with Crippen LogP contribution in [0.1, 0.15) is 31.4 Å². The molecular weight excluding hydrogens is 178 g/mol. The SMILES string of the molecule is Cc1cnn(C(C)C2CCCO2)c1N. The molecule has 0 saturated carbocycles. The Kier molecular flexibility index (Phi) is 2.46. The zero-order chi connectivity index (χ0) is 10.1. The van der Waals surface area contributed by atoms with Gasteiger partial charge >= 0.3 is 0 Å². The number of rotatable bonds is 2. The fraction of sp³-hybridized carbons (Fsp3) is 0.700. The van der Waals surface area contributed by atoms with Crippen LogP contribution in [0.25, 0.3) is 0 Å². The first kappa shape index (κ1) is 9.52. The summed E-state index contributed by atoms with van der Waals surface area (Å²) in [6.45, 7) is 4.95. The summed E-state index contributed by atoms with van der Waals surface area (Å²) in [5.41, 5.74) is 6.95. The Morgan fingerprint density at radius 3 is 3.00 bits per heavy atom. The molecule has 0 aliphatic carbocycles. The monoisotopic (exact) mass is 195 g/mol. The second-order valence-corrected chi connectivity index (χ2v) is 3.95. The molecule has 2 unspecified atom stereocenters. The molecule has 14 heavy (non-hydrogen) atoms. The van der Waals surface area contributed by atoms with Gasteiger partial charge in [0.25, 0.3) is 0 Å². The zero-order valence-electron chi connectivity index (χ0n) is 8.73. The molecule has 0 bridgehead atoms. The molecular formula is C10H17N3O. The number of nitrogen functional groups attached to an aromatic ring is 1. The van der Waals surface area contributed by atoms with Crippen molar-refractivity contribution in [3.05, 3.63) is 11.8 Å². The fourth-order valence-electron chi connectivity index (χ4n) is 1.92. The fourth-order valence-corrected chi connectivity index (χ4v) is 1.92. The molecule has 78 valence electrons. The van der Waals surface area contributed by atoms with E-state index >= 15 is 0 Å². The summed E-state index contributed by atoms with van der Waals surface area (Å²) in [7, 11) is 0. The third kappa shape index (κ3) is 1.50. The Morgan fingerprint density at radius 1 is 1.71 bits per heavy atom. The van der Waals surface area contributed by atoms with Crippen LogP contribution in [0.5, 0.6) is 0 Å². The van der Waals surface area contributed by atoms with Crippen molar-refractivity contribution in [1.82, 2.24) is 9.78 Å². The molecule has 1 aromatic heterocycles. The van der Waals surface area contributed by atoms with Gasteiger partial charge in [-0.1, -0.05) is 0 Å². The molecule has 0 aromatic carbocycles. The minimum Gasteiger partial charge on any atom is -0.384 e. The van der Waals surface area contributed by atoms with Gasteiger partial charge in [-0.3, -0.25) is 0 Å². The average molecular weight is 195 g/mol. The number of ether oxygens (including phenoxy) is 1. The van der Waals surface area contributed by atoms with Gasteiger partial charge in [0.05, 0.1) is 18.3 Å². The largest absolute Gasteiger partial charge is 0.384 e. The molecule has 1 aliphatic rings. The summed E-state index contributed by atoms with van der Waals surface area (Å²) < 4.78 is 7.48. The number of aromatic nitrogens is 2. The van der Waals surface area contributed by atoms with Gasteiger partial charge in [-0.25, -0.2) is 4.68 Å².